The van der Waals surface area contributed by atoms with Crippen molar-refractivity contribution in [3.8, 4) is 6.07 Å². The zero-order chi connectivity index (χ0) is 26.0. The van der Waals surface area contributed by atoms with Crippen LogP contribution in [0, 0.1) is 11.3 Å². The van der Waals surface area contributed by atoms with Crippen molar-refractivity contribution in [1.29, 1.82) is 5.26 Å². The average molecular weight is 488 g/mol. The minimum absolute atomic E-state index is 0.292. The minimum atomic E-state index is -0.306. The fraction of sp³-hybridized carbons (Fsp3) is 0.0690. The van der Waals surface area contributed by atoms with Crippen LogP contribution >= 0.6 is 0 Å². The van der Waals surface area contributed by atoms with E-state index in [-0.39, 0.29) is 5.91 Å². The highest BCUT2D eigenvalue weighted by Crippen LogP contribution is 2.26. The fourth-order valence-electron chi connectivity index (χ4n) is 3.52. The molecule has 0 bridgehead atoms. The summed E-state index contributed by atoms with van der Waals surface area (Å²) in [6.07, 6.45) is 6.73. The summed E-state index contributed by atoms with van der Waals surface area (Å²) in [7, 11) is 0. The van der Waals surface area contributed by atoms with Crippen LogP contribution in [0.5, 0.6) is 0 Å². The summed E-state index contributed by atoms with van der Waals surface area (Å²) in [5, 5.41) is 19.4. The number of benzene rings is 2. The van der Waals surface area contributed by atoms with Crippen molar-refractivity contribution in [2.45, 2.75) is 13.8 Å². The van der Waals surface area contributed by atoms with E-state index in [0.29, 0.717) is 22.6 Å². The van der Waals surface area contributed by atoms with Gasteiger partial charge in [-0.2, -0.15) is 5.26 Å². The number of anilines is 5. The van der Waals surface area contributed by atoms with Crippen LogP contribution in [0.1, 0.15) is 29.9 Å². The number of hydrogen-bond acceptors (Lipinski definition) is 7. The Morgan fingerprint density at radius 3 is 2.16 bits per heavy atom. The molecular weight excluding hydrogens is 462 g/mol. The molecule has 3 aromatic heterocycles. The molecule has 182 valence electrons. The standard InChI is InChI=1S/C27H19N7O.C2H6/c28-16-18-1-7-24-23(15-18)25(11-14-30-24)33-22-6-8-26(31-17-22)27(35)34-20-4-2-19(3-5-20)32-21-9-12-29-13-10-21;1-2/h1-15,17H,(H,29,32)(H,30,33)(H,34,35);1-2H3. The number of rotatable bonds is 6. The third-order valence-electron chi connectivity index (χ3n) is 5.26. The SMILES string of the molecule is CC.N#Cc1ccc2nccc(Nc3ccc(C(=O)Nc4ccc(Nc5ccncc5)cc4)nc3)c2c1. The Bertz CT molecular complexity index is 1530. The van der Waals surface area contributed by atoms with Crippen LogP contribution in [0.2, 0.25) is 0 Å². The number of fused-ring (bicyclic) bond motifs is 1. The number of nitrogens with one attached hydrogen (secondary N) is 3. The molecule has 0 atom stereocenters. The van der Waals surface area contributed by atoms with Crippen molar-refractivity contribution in [2.24, 2.45) is 0 Å². The van der Waals surface area contributed by atoms with Gasteiger partial charge < -0.3 is 16.0 Å². The predicted octanol–water partition coefficient (Wildman–Crippen LogP) is 6.66. The Labute approximate surface area is 215 Å². The lowest BCUT2D eigenvalue weighted by atomic mass is 10.1. The summed E-state index contributed by atoms with van der Waals surface area (Å²) in [5.41, 5.74) is 5.62. The number of nitriles is 1. The highest BCUT2D eigenvalue weighted by atomic mass is 16.1. The summed E-state index contributed by atoms with van der Waals surface area (Å²) in [5.74, 6) is -0.306. The number of aromatic nitrogens is 3. The van der Waals surface area contributed by atoms with Gasteiger partial charge in [0.2, 0.25) is 0 Å². The molecule has 0 aliphatic carbocycles. The molecule has 0 fully saturated rings. The monoisotopic (exact) mass is 487 g/mol. The normalized spacial score (nSPS) is 9.97. The summed E-state index contributed by atoms with van der Waals surface area (Å²) in [4.78, 5) is 25.3. The molecule has 0 unspecified atom stereocenters. The van der Waals surface area contributed by atoms with Crippen LogP contribution in [0.25, 0.3) is 10.9 Å². The van der Waals surface area contributed by atoms with E-state index >= 15 is 0 Å². The summed E-state index contributed by atoms with van der Waals surface area (Å²) < 4.78 is 0. The number of amides is 1. The molecule has 0 spiro atoms. The van der Waals surface area contributed by atoms with Gasteiger partial charge in [-0.1, -0.05) is 13.8 Å². The molecule has 0 saturated carbocycles. The van der Waals surface area contributed by atoms with Crippen LogP contribution in [0.15, 0.2) is 97.6 Å². The van der Waals surface area contributed by atoms with Crippen molar-refractivity contribution in [3.63, 3.8) is 0 Å². The first-order valence-electron chi connectivity index (χ1n) is 11.8. The maximum Gasteiger partial charge on any atom is 0.274 e. The van der Waals surface area contributed by atoms with Crippen LogP contribution in [0.3, 0.4) is 0 Å². The van der Waals surface area contributed by atoms with Gasteiger partial charge in [-0.15, -0.1) is 0 Å². The minimum Gasteiger partial charge on any atom is -0.355 e. The fourth-order valence-corrected chi connectivity index (χ4v) is 3.52. The lowest BCUT2D eigenvalue weighted by Crippen LogP contribution is -2.13. The number of hydrogen-bond donors (Lipinski definition) is 3. The van der Waals surface area contributed by atoms with Gasteiger partial charge in [0.25, 0.3) is 5.91 Å². The molecule has 5 rings (SSSR count). The zero-order valence-corrected chi connectivity index (χ0v) is 20.4. The van der Waals surface area contributed by atoms with Gasteiger partial charge in [0.15, 0.2) is 0 Å². The Morgan fingerprint density at radius 1 is 0.757 bits per heavy atom. The predicted molar refractivity (Wildman–Crippen MR) is 147 cm³/mol. The van der Waals surface area contributed by atoms with Crippen LogP contribution < -0.4 is 16.0 Å². The summed E-state index contributed by atoms with van der Waals surface area (Å²) >= 11 is 0. The maximum atomic E-state index is 12.6. The summed E-state index contributed by atoms with van der Waals surface area (Å²) in [6.45, 7) is 4.00. The number of carbonyl (C=O) groups is 1. The van der Waals surface area contributed by atoms with E-state index < -0.39 is 0 Å². The van der Waals surface area contributed by atoms with Crippen molar-refractivity contribution in [2.75, 3.05) is 16.0 Å². The molecule has 5 aromatic rings. The molecule has 0 aliphatic heterocycles. The van der Waals surface area contributed by atoms with Crippen molar-refractivity contribution in [1.82, 2.24) is 15.0 Å². The smallest absolute Gasteiger partial charge is 0.274 e. The van der Waals surface area contributed by atoms with Gasteiger partial charge in [-0.25, -0.2) is 4.98 Å². The van der Waals surface area contributed by atoms with Gasteiger partial charge in [0.05, 0.1) is 29.0 Å². The second kappa shape index (κ2) is 11.9. The highest BCUT2D eigenvalue weighted by molar-refractivity contribution is 6.03. The Kier molecular flexibility index (Phi) is 7.99. The third kappa shape index (κ3) is 6.24. The Morgan fingerprint density at radius 2 is 1.46 bits per heavy atom. The van der Waals surface area contributed by atoms with E-state index in [1.807, 2.05) is 62.4 Å². The average Bonchev–Trinajstić information content (AvgIpc) is 2.96. The lowest BCUT2D eigenvalue weighted by Gasteiger charge is -2.11. The van der Waals surface area contributed by atoms with Crippen molar-refractivity contribution >= 4 is 45.2 Å². The molecule has 0 aliphatic rings. The van der Waals surface area contributed by atoms with E-state index in [1.165, 1.54) is 0 Å². The van der Waals surface area contributed by atoms with E-state index in [4.69, 9.17) is 0 Å². The topological polar surface area (TPSA) is 116 Å². The van der Waals surface area contributed by atoms with Gasteiger partial charge >= 0.3 is 0 Å². The lowest BCUT2D eigenvalue weighted by molar-refractivity contribution is 0.102. The maximum absolute atomic E-state index is 12.6. The van der Waals surface area contributed by atoms with Gasteiger partial charge in [-0.3, -0.25) is 14.8 Å². The molecule has 2 aromatic carbocycles. The first-order valence-corrected chi connectivity index (χ1v) is 11.8. The quantitative estimate of drug-likeness (QED) is 0.245. The molecule has 1 amide bonds. The Balaban J connectivity index is 0.00000156. The molecule has 3 N–H and O–H groups in total. The third-order valence-corrected chi connectivity index (χ3v) is 5.26. The first-order chi connectivity index (χ1) is 18.2. The number of nitrogens with zero attached hydrogens (tertiary/aromatic N) is 4. The number of carbonyl (C=O) groups excluding carboxylic acids is 1. The van der Waals surface area contributed by atoms with Gasteiger partial charge in [0.1, 0.15) is 5.69 Å². The van der Waals surface area contributed by atoms with E-state index in [1.54, 1.807) is 49.1 Å². The van der Waals surface area contributed by atoms with Gasteiger partial charge in [0, 0.05) is 46.7 Å². The van der Waals surface area contributed by atoms with Crippen molar-refractivity contribution in [3.05, 3.63) is 109 Å². The molecule has 0 saturated heterocycles. The van der Waals surface area contributed by atoms with Gasteiger partial charge in [-0.05, 0) is 72.8 Å². The first kappa shape index (κ1) is 24.8. The molecular formula is C29H25N7O. The number of pyridine rings is 3. The summed E-state index contributed by atoms with van der Waals surface area (Å²) in [6, 6.07) is 23.9. The Hall–Kier alpha value is -5.29. The van der Waals surface area contributed by atoms with Crippen LogP contribution in [0.4, 0.5) is 28.4 Å². The molecule has 8 nitrogen and oxygen atoms in total. The zero-order valence-electron chi connectivity index (χ0n) is 20.4. The largest absolute Gasteiger partial charge is 0.355 e. The van der Waals surface area contributed by atoms with E-state index in [0.717, 1.165) is 28.0 Å². The highest BCUT2D eigenvalue weighted by Gasteiger charge is 2.09. The second-order valence-electron chi connectivity index (χ2n) is 7.65. The molecule has 8 heteroatoms. The molecule has 3 heterocycles. The van der Waals surface area contributed by atoms with E-state index in [2.05, 4.69) is 37.0 Å². The van der Waals surface area contributed by atoms with Crippen molar-refractivity contribution < 1.29 is 4.79 Å². The van der Waals surface area contributed by atoms with E-state index in [9.17, 15) is 10.1 Å². The molecule has 0 radical (unpaired) electrons. The van der Waals surface area contributed by atoms with Crippen LogP contribution in [-0.2, 0) is 0 Å². The molecule has 37 heavy (non-hydrogen) atoms. The van der Waals surface area contributed by atoms with Crippen LogP contribution in [-0.4, -0.2) is 20.9 Å². The second-order valence-corrected chi connectivity index (χ2v) is 7.65.